The Morgan fingerprint density at radius 2 is 2.20 bits per heavy atom. The van der Waals surface area contributed by atoms with Crippen LogP contribution in [-0.4, -0.2) is 33.4 Å². The monoisotopic (exact) mass is 278 g/mol. The van der Waals surface area contributed by atoms with E-state index in [0.717, 1.165) is 18.1 Å². The minimum atomic E-state index is -0.311. The van der Waals surface area contributed by atoms with Crippen LogP contribution in [0.4, 0.5) is 0 Å². The Kier molecular flexibility index (Phi) is 3.74. The maximum Gasteiger partial charge on any atom is 0.249 e. The summed E-state index contributed by atoms with van der Waals surface area (Å²) in [6, 6.07) is 0. The molecule has 6 nitrogen and oxygen atoms in total. The van der Waals surface area contributed by atoms with Crippen LogP contribution in [0.3, 0.4) is 0 Å². The number of ether oxygens (including phenoxy) is 1. The number of hydrogen-bond acceptors (Lipinski definition) is 4. The van der Waals surface area contributed by atoms with E-state index in [0.29, 0.717) is 25.0 Å². The molecular formula is C14H22N4O2. The average Bonchev–Trinajstić information content (AvgIpc) is 2.93. The molecule has 1 saturated heterocycles. The van der Waals surface area contributed by atoms with Crippen LogP contribution in [0, 0.1) is 5.92 Å². The Bertz CT molecular complexity index is 495. The van der Waals surface area contributed by atoms with Gasteiger partial charge in [0.2, 0.25) is 5.91 Å². The Morgan fingerprint density at radius 3 is 2.80 bits per heavy atom. The molecule has 2 atom stereocenters. The normalized spacial score (nSPS) is 26.5. The molecule has 2 fully saturated rings. The summed E-state index contributed by atoms with van der Waals surface area (Å²) < 4.78 is 7.48. The van der Waals surface area contributed by atoms with Crippen molar-refractivity contribution < 1.29 is 9.53 Å². The Hall–Kier alpha value is -1.43. The average molecular weight is 278 g/mol. The number of aromatic nitrogens is 3. The summed E-state index contributed by atoms with van der Waals surface area (Å²) in [5.41, 5.74) is 0. The standard InChI is InChI=1S/C14H22N4O2/c1-9-6-7-20-12(9)14(19)15-8-11-16-17-13(18(11)2)10-4-3-5-10/h9-10,12H,3-8H2,1-2H3,(H,15,19)/t9-,12+/m0/s1. The molecule has 0 spiro atoms. The minimum absolute atomic E-state index is 0.0387. The third-order valence-corrected chi connectivity index (χ3v) is 4.54. The molecule has 20 heavy (non-hydrogen) atoms. The van der Waals surface area contributed by atoms with Crippen molar-refractivity contribution in [1.29, 1.82) is 0 Å². The maximum atomic E-state index is 12.1. The molecule has 0 unspecified atom stereocenters. The first-order chi connectivity index (χ1) is 9.66. The highest BCUT2D eigenvalue weighted by atomic mass is 16.5. The lowest BCUT2D eigenvalue weighted by Crippen LogP contribution is -2.37. The molecule has 1 aromatic rings. The van der Waals surface area contributed by atoms with Gasteiger partial charge in [0.25, 0.3) is 0 Å². The molecular weight excluding hydrogens is 256 g/mol. The van der Waals surface area contributed by atoms with Crippen LogP contribution in [0.2, 0.25) is 0 Å². The minimum Gasteiger partial charge on any atom is -0.368 e. The van der Waals surface area contributed by atoms with Gasteiger partial charge in [0.1, 0.15) is 11.9 Å². The number of hydrogen-bond donors (Lipinski definition) is 1. The van der Waals surface area contributed by atoms with E-state index in [4.69, 9.17) is 4.74 Å². The van der Waals surface area contributed by atoms with Crippen molar-refractivity contribution >= 4 is 5.91 Å². The van der Waals surface area contributed by atoms with Gasteiger partial charge in [0.05, 0.1) is 6.54 Å². The van der Waals surface area contributed by atoms with Gasteiger partial charge >= 0.3 is 0 Å². The van der Waals surface area contributed by atoms with E-state index in [9.17, 15) is 4.79 Å². The van der Waals surface area contributed by atoms with Crippen molar-refractivity contribution in [3.05, 3.63) is 11.6 Å². The number of nitrogens with one attached hydrogen (secondary N) is 1. The summed E-state index contributed by atoms with van der Waals surface area (Å²) in [7, 11) is 1.98. The van der Waals surface area contributed by atoms with Crippen molar-refractivity contribution in [3.8, 4) is 0 Å². The third kappa shape index (κ3) is 2.44. The predicted molar refractivity (Wildman–Crippen MR) is 73.0 cm³/mol. The highest BCUT2D eigenvalue weighted by molar-refractivity contribution is 5.81. The number of carbonyl (C=O) groups excluding carboxylic acids is 1. The van der Waals surface area contributed by atoms with Crippen LogP contribution in [0.25, 0.3) is 0 Å². The van der Waals surface area contributed by atoms with Gasteiger partial charge in [-0.2, -0.15) is 0 Å². The Morgan fingerprint density at radius 1 is 1.40 bits per heavy atom. The first-order valence-corrected chi connectivity index (χ1v) is 7.44. The molecule has 6 heteroatoms. The highest BCUT2D eigenvalue weighted by Gasteiger charge is 2.31. The van der Waals surface area contributed by atoms with Crippen molar-refractivity contribution in [2.24, 2.45) is 13.0 Å². The van der Waals surface area contributed by atoms with Crippen LogP contribution < -0.4 is 5.32 Å². The lowest BCUT2D eigenvalue weighted by Gasteiger charge is -2.24. The maximum absolute atomic E-state index is 12.1. The lowest BCUT2D eigenvalue weighted by atomic mass is 9.85. The number of nitrogens with zero attached hydrogens (tertiary/aromatic N) is 3. The van der Waals surface area contributed by atoms with Crippen LogP contribution in [0.15, 0.2) is 0 Å². The SMILES string of the molecule is C[C@H]1CCO[C@H]1C(=O)NCc1nnc(C2CCC2)n1C. The fourth-order valence-corrected chi connectivity index (χ4v) is 2.85. The van der Waals surface area contributed by atoms with E-state index in [2.05, 4.69) is 15.5 Å². The molecule has 1 aliphatic heterocycles. The Balaban J connectivity index is 1.58. The first-order valence-electron chi connectivity index (χ1n) is 7.44. The summed E-state index contributed by atoms with van der Waals surface area (Å²) in [6.07, 6.45) is 4.32. The van der Waals surface area contributed by atoms with Crippen molar-refractivity contribution in [3.63, 3.8) is 0 Å². The van der Waals surface area contributed by atoms with Gasteiger partial charge < -0.3 is 14.6 Å². The zero-order chi connectivity index (χ0) is 14.1. The molecule has 1 aromatic heterocycles. The van der Waals surface area contributed by atoms with Gasteiger partial charge in [0.15, 0.2) is 5.82 Å². The molecule has 1 saturated carbocycles. The summed E-state index contributed by atoms with van der Waals surface area (Å²) >= 11 is 0. The topological polar surface area (TPSA) is 69.0 Å². The third-order valence-electron chi connectivity index (χ3n) is 4.54. The van der Waals surface area contributed by atoms with Gasteiger partial charge in [-0.25, -0.2) is 0 Å². The predicted octanol–water partition coefficient (Wildman–Crippen LogP) is 1.12. The van der Waals surface area contributed by atoms with E-state index < -0.39 is 0 Å². The van der Waals surface area contributed by atoms with E-state index in [1.807, 2.05) is 18.5 Å². The van der Waals surface area contributed by atoms with Gasteiger partial charge in [-0.3, -0.25) is 4.79 Å². The van der Waals surface area contributed by atoms with Gasteiger partial charge in [-0.1, -0.05) is 13.3 Å². The first kappa shape index (κ1) is 13.5. The van der Waals surface area contributed by atoms with E-state index >= 15 is 0 Å². The fraction of sp³-hybridized carbons (Fsp3) is 0.786. The molecule has 1 N–H and O–H groups in total. The molecule has 0 aromatic carbocycles. The van der Waals surface area contributed by atoms with E-state index in [1.54, 1.807) is 0 Å². The number of rotatable bonds is 4. The quantitative estimate of drug-likeness (QED) is 0.896. The summed E-state index contributed by atoms with van der Waals surface area (Å²) in [4.78, 5) is 12.1. The molecule has 2 heterocycles. The molecule has 1 aliphatic carbocycles. The van der Waals surface area contributed by atoms with Gasteiger partial charge in [0, 0.05) is 19.6 Å². The number of amides is 1. The molecule has 2 aliphatic rings. The van der Waals surface area contributed by atoms with Crippen molar-refractivity contribution in [2.45, 2.75) is 51.2 Å². The second-order valence-electron chi connectivity index (χ2n) is 5.94. The molecule has 0 radical (unpaired) electrons. The molecule has 110 valence electrons. The number of carbonyl (C=O) groups is 1. The van der Waals surface area contributed by atoms with Crippen molar-refractivity contribution in [1.82, 2.24) is 20.1 Å². The molecule has 1 amide bonds. The lowest BCUT2D eigenvalue weighted by molar-refractivity contribution is -0.131. The largest absolute Gasteiger partial charge is 0.368 e. The Labute approximate surface area is 118 Å². The molecule has 0 bridgehead atoms. The van der Waals surface area contributed by atoms with E-state index in [-0.39, 0.29) is 12.0 Å². The summed E-state index contributed by atoms with van der Waals surface area (Å²) in [5.74, 6) is 2.66. The zero-order valence-corrected chi connectivity index (χ0v) is 12.1. The van der Waals surface area contributed by atoms with Crippen LogP contribution >= 0.6 is 0 Å². The summed E-state index contributed by atoms with van der Waals surface area (Å²) in [6.45, 7) is 3.14. The van der Waals surface area contributed by atoms with Gasteiger partial charge in [-0.05, 0) is 25.2 Å². The molecule has 3 rings (SSSR count). The van der Waals surface area contributed by atoms with Crippen LogP contribution in [0.5, 0.6) is 0 Å². The highest BCUT2D eigenvalue weighted by Crippen LogP contribution is 2.35. The van der Waals surface area contributed by atoms with E-state index in [1.165, 1.54) is 19.3 Å². The van der Waals surface area contributed by atoms with Crippen LogP contribution in [0.1, 0.15) is 50.2 Å². The second-order valence-corrected chi connectivity index (χ2v) is 5.94. The summed E-state index contributed by atoms with van der Waals surface area (Å²) in [5, 5.41) is 11.4. The fourth-order valence-electron chi connectivity index (χ4n) is 2.85. The smallest absolute Gasteiger partial charge is 0.249 e. The zero-order valence-electron chi connectivity index (χ0n) is 12.1. The van der Waals surface area contributed by atoms with Gasteiger partial charge in [-0.15, -0.1) is 10.2 Å². The van der Waals surface area contributed by atoms with Crippen LogP contribution in [-0.2, 0) is 23.1 Å². The van der Waals surface area contributed by atoms with Crippen molar-refractivity contribution in [2.75, 3.05) is 6.61 Å². The second kappa shape index (κ2) is 5.52.